The fourth-order valence-corrected chi connectivity index (χ4v) is 2.02. The number of hydrogen-bond donors (Lipinski definition) is 0. The second-order valence-corrected chi connectivity index (χ2v) is 4.56. The molecule has 0 saturated carbocycles. The first-order valence-electron chi connectivity index (χ1n) is 6.17. The summed E-state index contributed by atoms with van der Waals surface area (Å²) in [6.07, 6.45) is 0. The summed E-state index contributed by atoms with van der Waals surface area (Å²) in [5.41, 5.74) is -0.480. The fraction of sp³-hybridized carbons (Fsp3) is 0.0769. The number of benzene rings is 2. The first-order chi connectivity index (χ1) is 10.9. The standard InChI is InChI=1S/C13H7F3N4O3/c1-19-9-3-2-6(4-8(9)17-18-19)23-10-5-7(14)13(20(21)22)12(16)11(10)15/h2-5H,1H3. The summed E-state index contributed by atoms with van der Waals surface area (Å²) >= 11 is 0. The highest BCUT2D eigenvalue weighted by atomic mass is 19.2. The minimum Gasteiger partial charge on any atom is -0.454 e. The van der Waals surface area contributed by atoms with E-state index in [1.54, 1.807) is 13.1 Å². The number of aryl methyl sites for hydroxylation is 1. The predicted octanol–water partition coefficient (Wildman–Crippen LogP) is 3.09. The van der Waals surface area contributed by atoms with Crippen molar-refractivity contribution in [3.63, 3.8) is 0 Å². The molecule has 3 aromatic rings. The zero-order chi connectivity index (χ0) is 16.7. The number of ether oxygens (including phenoxy) is 1. The van der Waals surface area contributed by atoms with Gasteiger partial charge >= 0.3 is 5.69 Å². The van der Waals surface area contributed by atoms with Gasteiger partial charge in [-0.25, -0.2) is 4.68 Å². The van der Waals surface area contributed by atoms with Crippen LogP contribution in [0.15, 0.2) is 24.3 Å². The Hall–Kier alpha value is -3.17. The van der Waals surface area contributed by atoms with Gasteiger partial charge in [-0.05, 0) is 12.1 Å². The normalized spacial score (nSPS) is 11.0. The molecule has 0 saturated heterocycles. The van der Waals surface area contributed by atoms with Gasteiger partial charge in [0.15, 0.2) is 5.75 Å². The van der Waals surface area contributed by atoms with Gasteiger partial charge < -0.3 is 4.74 Å². The molecule has 0 aliphatic carbocycles. The second-order valence-electron chi connectivity index (χ2n) is 4.56. The summed E-state index contributed by atoms with van der Waals surface area (Å²) in [5, 5.41) is 18.1. The SMILES string of the molecule is Cn1nnc2cc(Oc3cc(F)c([N+](=O)[O-])c(F)c3F)ccc21. The number of nitrogens with zero attached hydrogens (tertiary/aromatic N) is 4. The van der Waals surface area contributed by atoms with Crippen LogP contribution in [0.3, 0.4) is 0 Å². The third-order valence-corrected chi connectivity index (χ3v) is 3.09. The van der Waals surface area contributed by atoms with Gasteiger partial charge in [0.2, 0.25) is 17.5 Å². The summed E-state index contributed by atoms with van der Waals surface area (Å²) in [5.74, 6) is -5.88. The van der Waals surface area contributed by atoms with Gasteiger partial charge in [0, 0.05) is 19.2 Å². The Balaban J connectivity index is 2.03. The van der Waals surface area contributed by atoms with E-state index < -0.39 is 33.8 Å². The van der Waals surface area contributed by atoms with E-state index in [0.29, 0.717) is 17.1 Å². The van der Waals surface area contributed by atoms with E-state index in [1.165, 1.54) is 16.8 Å². The average Bonchev–Trinajstić information content (AvgIpc) is 2.85. The van der Waals surface area contributed by atoms with Crippen molar-refractivity contribution < 1.29 is 22.8 Å². The van der Waals surface area contributed by atoms with Gasteiger partial charge in [0.1, 0.15) is 11.3 Å². The zero-order valence-electron chi connectivity index (χ0n) is 11.5. The Morgan fingerprint density at radius 3 is 2.65 bits per heavy atom. The van der Waals surface area contributed by atoms with Crippen molar-refractivity contribution in [2.45, 2.75) is 0 Å². The minimum atomic E-state index is -1.93. The molecule has 0 aliphatic rings. The van der Waals surface area contributed by atoms with Gasteiger partial charge in [-0.15, -0.1) is 5.10 Å². The molecule has 7 nitrogen and oxygen atoms in total. The lowest BCUT2D eigenvalue weighted by molar-refractivity contribution is -0.390. The molecule has 10 heteroatoms. The van der Waals surface area contributed by atoms with Crippen molar-refractivity contribution in [3.8, 4) is 11.5 Å². The van der Waals surface area contributed by atoms with Crippen LogP contribution in [0.25, 0.3) is 11.0 Å². The van der Waals surface area contributed by atoms with Gasteiger partial charge in [-0.1, -0.05) is 5.21 Å². The summed E-state index contributed by atoms with van der Waals surface area (Å²) in [6.45, 7) is 0. The third-order valence-electron chi connectivity index (χ3n) is 3.09. The summed E-state index contributed by atoms with van der Waals surface area (Å²) in [7, 11) is 1.66. The van der Waals surface area contributed by atoms with Crippen molar-refractivity contribution in [3.05, 3.63) is 51.8 Å². The molecule has 0 N–H and O–H groups in total. The lowest BCUT2D eigenvalue weighted by atomic mass is 10.2. The quantitative estimate of drug-likeness (QED) is 0.420. The molecule has 23 heavy (non-hydrogen) atoms. The molecule has 2 aromatic carbocycles. The lowest BCUT2D eigenvalue weighted by Gasteiger charge is -2.08. The number of rotatable bonds is 3. The van der Waals surface area contributed by atoms with Gasteiger partial charge in [0.05, 0.1) is 10.4 Å². The highest BCUT2D eigenvalue weighted by molar-refractivity contribution is 5.76. The number of hydrogen-bond acceptors (Lipinski definition) is 5. The van der Waals surface area contributed by atoms with Crippen molar-refractivity contribution in [2.75, 3.05) is 0 Å². The second kappa shape index (κ2) is 5.23. The van der Waals surface area contributed by atoms with E-state index in [-0.39, 0.29) is 5.75 Å². The molecule has 1 aromatic heterocycles. The van der Waals surface area contributed by atoms with Crippen LogP contribution in [0.5, 0.6) is 11.5 Å². The van der Waals surface area contributed by atoms with Crippen molar-refractivity contribution >= 4 is 16.7 Å². The van der Waals surface area contributed by atoms with Crippen LogP contribution in [0, 0.1) is 27.6 Å². The van der Waals surface area contributed by atoms with Crippen LogP contribution in [-0.4, -0.2) is 19.9 Å². The molecule has 0 unspecified atom stereocenters. The molecular weight excluding hydrogens is 317 g/mol. The van der Waals surface area contributed by atoms with Gasteiger partial charge in [-0.2, -0.15) is 13.2 Å². The van der Waals surface area contributed by atoms with Crippen molar-refractivity contribution in [1.82, 2.24) is 15.0 Å². The molecule has 0 bridgehead atoms. The summed E-state index contributed by atoms with van der Waals surface area (Å²) < 4.78 is 47.5. The van der Waals surface area contributed by atoms with E-state index in [1.807, 2.05) is 0 Å². The van der Waals surface area contributed by atoms with Crippen LogP contribution in [-0.2, 0) is 7.05 Å². The number of halogens is 3. The number of nitro benzene ring substituents is 1. The fourth-order valence-electron chi connectivity index (χ4n) is 2.02. The Morgan fingerprint density at radius 2 is 1.96 bits per heavy atom. The van der Waals surface area contributed by atoms with Crippen LogP contribution in [0.2, 0.25) is 0 Å². The topological polar surface area (TPSA) is 83.1 Å². The number of nitro groups is 1. The van der Waals surface area contributed by atoms with Crippen LogP contribution >= 0.6 is 0 Å². The van der Waals surface area contributed by atoms with Crippen molar-refractivity contribution in [1.29, 1.82) is 0 Å². The molecule has 0 spiro atoms. The summed E-state index contributed by atoms with van der Waals surface area (Å²) in [4.78, 5) is 9.17. The molecule has 3 rings (SSSR count). The highest BCUT2D eigenvalue weighted by Gasteiger charge is 2.28. The maximum Gasteiger partial charge on any atom is 0.343 e. The molecule has 1 heterocycles. The van der Waals surface area contributed by atoms with Crippen LogP contribution < -0.4 is 4.74 Å². The van der Waals surface area contributed by atoms with Crippen LogP contribution in [0.1, 0.15) is 0 Å². The van der Waals surface area contributed by atoms with Gasteiger partial charge in [0.25, 0.3) is 0 Å². The summed E-state index contributed by atoms with van der Waals surface area (Å²) in [6, 6.07) is 4.79. The lowest BCUT2D eigenvalue weighted by Crippen LogP contribution is -2.02. The minimum absolute atomic E-state index is 0.0459. The van der Waals surface area contributed by atoms with Crippen molar-refractivity contribution in [2.24, 2.45) is 7.05 Å². The Kier molecular flexibility index (Phi) is 3.36. The number of fused-ring (bicyclic) bond motifs is 1. The Labute approximate surface area is 126 Å². The first kappa shape index (κ1) is 14.8. The number of aromatic nitrogens is 3. The van der Waals surface area contributed by atoms with E-state index in [4.69, 9.17) is 4.74 Å². The van der Waals surface area contributed by atoms with E-state index in [9.17, 15) is 23.3 Å². The monoisotopic (exact) mass is 324 g/mol. The largest absolute Gasteiger partial charge is 0.454 e. The molecule has 0 radical (unpaired) electrons. The molecule has 0 aliphatic heterocycles. The van der Waals surface area contributed by atoms with E-state index >= 15 is 0 Å². The molecule has 0 amide bonds. The smallest absolute Gasteiger partial charge is 0.343 e. The molecule has 0 atom stereocenters. The highest BCUT2D eigenvalue weighted by Crippen LogP contribution is 2.33. The first-order valence-corrected chi connectivity index (χ1v) is 6.17. The average molecular weight is 324 g/mol. The zero-order valence-corrected chi connectivity index (χ0v) is 11.5. The molecule has 0 fully saturated rings. The van der Waals surface area contributed by atoms with E-state index in [0.717, 1.165) is 0 Å². The molecular formula is C13H7F3N4O3. The Morgan fingerprint density at radius 1 is 1.22 bits per heavy atom. The third kappa shape index (κ3) is 2.43. The Bertz CT molecular complexity index is 942. The van der Waals surface area contributed by atoms with Gasteiger partial charge in [-0.3, -0.25) is 10.1 Å². The predicted molar refractivity (Wildman–Crippen MR) is 71.6 cm³/mol. The van der Waals surface area contributed by atoms with E-state index in [2.05, 4.69) is 10.3 Å². The van der Waals surface area contributed by atoms with Crippen LogP contribution in [0.4, 0.5) is 18.9 Å². The maximum absolute atomic E-state index is 13.8. The molecule has 118 valence electrons. The maximum atomic E-state index is 13.8.